The van der Waals surface area contributed by atoms with Gasteiger partial charge in [0.2, 0.25) is 0 Å². The van der Waals surface area contributed by atoms with Gasteiger partial charge < -0.3 is 5.11 Å². The molecule has 2 aromatic rings. The Morgan fingerprint density at radius 1 is 0.913 bits per heavy atom. The van der Waals surface area contributed by atoms with Crippen LogP contribution in [0.2, 0.25) is 0 Å². The summed E-state index contributed by atoms with van der Waals surface area (Å²) < 4.78 is 12.9. The van der Waals surface area contributed by atoms with Crippen LogP contribution in [-0.2, 0) is 13.0 Å². The van der Waals surface area contributed by atoms with Gasteiger partial charge in [0, 0.05) is 26.1 Å². The summed E-state index contributed by atoms with van der Waals surface area (Å²) in [5.74, 6) is -0.228. The first kappa shape index (κ1) is 17.9. The minimum Gasteiger partial charge on any atom is -0.389 e. The fraction of sp³-hybridized carbons (Fsp3) is 0.368. The molecule has 1 aliphatic heterocycles. The SMILES string of the molecule is Cl.OC1(Cc2ccc(F)cc2)CCN(Cc2ccccc2)CC1. The summed E-state index contributed by atoms with van der Waals surface area (Å²) in [6.45, 7) is 2.73. The number of nitrogens with zero attached hydrogens (tertiary/aromatic N) is 1. The summed E-state index contributed by atoms with van der Waals surface area (Å²) in [4.78, 5) is 2.38. The molecule has 0 unspecified atom stereocenters. The van der Waals surface area contributed by atoms with Gasteiger partial charge in [0.15, 0.2) is 0 Å². The lowest BCUT2D eigenvalue weighted by Crippen LogP contribution is -2.45. The lowest BCUT2D eigenvalue weighted by Gasteiger charge is -2.38. The van der Waals surface area contributed by atoms with Crippen LogP contribution in [0.15, 0.2) is 54.6 Å². The highest BCUT2D eigenvalue weighted by molar-refractivity contribution is 5.85. The topological polar surface area (TPSA) is 23.5 Å². The molecule has 0 atom stereocenters. The van der Waals surface area contributed by atoms with Crippen molar-refractivity contribution in [2.24, 2.45) is 0 Å². The molecule has 1 saturated heterocycles. The summed E-state index contributed by atoms with van der Waals surface area (Å²) in [6, 6.07) is 16.9. The molecule has 23 heavy (non-hydrogen) atoms. The summed E-state index contributed by atoms with van der Waals surface area (Å²) in [5, 5.41) is 10.8. The van der Waals surface area contributed by atoms with E-state index in [4.69, 9.17) is 0 Å². The quantitative estimate of drug-likeness (QED) is 0.918. The molecule has 2 nitrogen and oxygen atoms in total. The van der Waals surface area contributed by atoms with Crippen LogP contribution in [0.5, 0.6) is 0 Å². The van der Waals surface area contributed by atoms with Crippen LogP contribution in [0, 0.1) is 5.82 Å². The van der Waals surface area contributed by atoms with Crippen molar-refractivity contribution in [1.82, 2.24) is 4.90 Å². The Balaban J connectivity index is 0.00000192. The molecule has 1 heterocycles. The largest absolute Gasteiger partial charge is 0.389 e. The van der Waals surface area contributed by atoms with Gasteiger partial charge in [-0.2, -0.15) is 0 Å². The molecule has 1 fully saturated rings. The third-order valence-electron chi connectivity index (χ3n) is 4.48. The van der Waals surface area contributed by atoms with Gasteiger partial charge in [-0.25, -0.2) is 4.39 Å². The maximum Gasteiger partial charge on any atom is 0.123 e. The molecule has 1 aliphatic rings. The predicted octanol–water partition coefficient (Wildman–Crippen LogP) is 3.82. The summed E-state index contributed by atoms with van der Waals surface area (Å²) in [7, 11) is 0. The number of likely N-dealkylation sites (tertiary alicyclic amines) is 1. The standard InChI is InChI=1S/C19H22FNO.ClH/c20-18-8-6-16(7-9-18)14-19(22)10-12-21(13-11-19)15-17-4-2-1-3-5-17;/h1-9,22H,10-15H2;1H. The Morgan fingerprint density at radius 2 is 1.52 bits per heavy atom. The van der Waals surface area contributed by atoms with Crippen molar-refractivity contribution in [2.75, 3.05) is 13.1 Å². The van der Waals surface area contributed by atoms with E-state index in [1.807, 2.05) is 6.07 Å². The number of benzene rings is 2. The van der Waals surface area contributed by atoms with E-state index in [-0.39, 0.29) is 18.2 Å². The first-order valence-corrected chi connectivity index (χ1v) is 7.86. The van der Waals surface area contributed by atoms with E-state index in [0.29, 0.717) is 6.42 Å². The van der Waals surface area contributed by atoms with Gasteiger partial charge >= 0.3 is 0 Å². The molecule has 0 radical (unpaired) electrons. The third kappa shape index (κ3) is 5.03. The van der Waals surface area contributed by atoms with E-state index in [1.54, 1.807) is 12.1 Å². The monoisotopic (exact) mass is 335 g/mol. The van der Waals surface area contributed by atoms with Crippen molar-refractivity contribution in [3.05, 3.63) is 71.5 Å². The number of aliphatic hydroxyl groups is 1. The van der Waals surface area contributed by atoms with Crippen molar-refractivity contribution < 1.29 is 9.50 Å². The first-order valence-electron chi connectivity index (χ1n) is 7.86. The molecule has 0 aromatic heterocycles. The molecule has 124 valence electrons. The van der Waals surface area contributed by atoms with Crippen LogP contribution in [0.4, 0.5) is 4.39 Å². The fourth-order valence-electron chi connectivity index (χ4n) is 3.13. The highest BCUT2D eigenvalue weighted by atomic mass is 35.5. The third-order valence-corrected chi connectivity index (χ3v) is 4.48. The molecular formula is C19H23ClFNO. The molecule has 3 rings (SSSR count). The van der Waals surface area contributed by atoms with Crippen molar-refractivity contribution in [2.45, 2.75) is 31.4 Å². The zero-order chi connectivity index (χ0) is 15.4. The van der Waals surface area contributed by atoms with Gasteiger partial charge in [-0.15, -0.1) is 12.4 Å². The van der Waals surface area contributed by atoms with Crippen molar-refractivity contribution >= 4 is 12.4 Å². The Morgan fingerprint density at radius 3 is 2.13 bits per heavy atom. The number of hydrogen-bond donors (Lipinski definition) is 1. The average molecular weight is 336 g/mol. The minimum atomic E-state index is -0.662. The van der Waals surface area contributed by atoms with E-state index in [1.165, 1.54) is 17.7 Å². The Hall–Kier alpha value is -1.42. The van der Waals surface area contributed by atoms with Crippen LogP contribution in [0.25, 0.3) is 0 Å². The molecule has 0 aliphatic carbocycles. The van der Waals surface area contributed by atoms with Crippen LogP contribution in [-0.4, -0.2) is 28.7 Å². The lowest BCUT2D eigenvalue weighted by molar-refractivity contribution is -0.0224. The number of halogens is 2. The second kappa shape index (κ2) is 7.91. The van der Waals surface area contributed by atoms with E-state index >= 15 is 0 Å². The maximum absolute atomic E-state index is 12.9. The van der Waals surface area contributed by atoms with Gasteiger partial charge in [0.05, 0.1) is 5.60 Å². The Bertz CT molecular complexity index is 595. The Labute approximate surface area is 143 Å². The van der Waals surface area contributed by atoms with Crippen LogP contribution in [0.3, 0.4) is 0 Å². The molecule has 0 amide bonds. The van der Waals surface area contributed by atoms with Crippen molar-refractivity contribution in [3.63, 3.8) is 0 Å². The number of rotatable bonds is 4. The molecule has 0 saturated carbocycles. The Kier molecular flexibility index (Phi) is 6.17. The van der Waals surface area contributed by atoms with E-state index < -0.39 is 5.60 Å². The first-order chi connectivity index (χ1) is 10.6. The highest BCUT2D eigenvalue weighted by Gasteiger charge is 2.32. The molecular weight excluding hydrogens is 313 g/mol. The second-order valence-corrected chi connectivity index (χ2v) is 6.29. The zero-order valence-electron chi connectivity index (χ0n) is 13.1. The van der Waals surface area contributed by atoms with Crippen LogP contribution in [0.1, 0.15) is 24.0 Å². The van der Waals surface area contributed by atoms with Gasteiger partial charge in [-0.1, -0.05) is 42.5 Å². The normalized spacial score (nSPS) is 17.5. The molecule has 2 aromatic carbocycles. The maximum atomic E-state index is 12.9. The van der Waals surface area contributed by atoms with Crippen LogP contribution < -0.4 is 0 Å². The lowest BCUT2D eigenvalue weighted by atomic mass is 9.85. The smallest absolute Gasteiger partial charge is 0.123 e. The number of hydrogen-bond acceptors (Lipinski definition) is 2. The van der Waals surface area contributed by atoms with Gasteiger partial charge in [0.1, 0.15) is 5.82 Å². The molecule has 0 bridgehead atoms. The van der Waals surface area contributed by atoms with Gasteiger partial charge in [-0.3, -0.25) is 4.90 Å². The predicted molar refractivity (Wildman–Crippen MR) is 93.3 cm³/mol. The molecule has 1 N–H and O–H groups in total. The van der Waals surface area contributed by atoms with E-state index in [9.17, 15) is 9.50 Å². The summed E-state index contributed by atoms with van der Waals surface area (Å²) in [6.07, 6.45) is 2.13. The minimum absolute atomic E-state index is 0. The molecule has 4 heteroatoms. The average Bonchev–Trinajstić information content (AvgIpc) is 2.53. The number of piperidine rings is 1. The van der Waals surface area contributed by atoms with Crippen molar-refractivity contribution in [3.8, 4) is 0 Å². The highest BCUT2D eigenvalue weighted by Crippen LogP contribution is 2.27. The summed E-state index contributed by atoms with van der Waals surface area (Å²) >= 11 is 0. The fourth-order valence-corrected chi connectivity index (χ4v) is 3.13. The summed E-state index contributed by atoms with van der Waals surface area (Å²) in [5.41, 5.74) is 1.65. The van der Waals surface area contributed by atoms with E-state index in [0.717, 1.165) is 38.0 Å². The molecule has 0 spiro atoms. The van der Waals surface area contributed by atoms with Gasteiger partial charge in [-0.05, 0) is 36.1 Å². The zero-order valence-corrected chi connectivity index (χ0v) is 13.9. The van der Waals surface area contributed by atoms with Crippen molar-refractivity contribution in [1.29, 1.82) is 0 Å². The van der Waals surface area contributed by atoms with Gasteiger partial charge in [0.25, 0.3) is 0 Å². The second-order valence-electron chi connectivity index (χ2n) is 6.29. The van der Waals surface area contributed by atoms with Crippen LogP contribution >= 0.6 is 12.4 Å². The van der Waals surface area contributed by atoms with E-state index in [2.05, 4.69) is 29.2 Å².